The summed E-state index contributed by atoms with van der Waals surface area (Å²) in [6.45, 7) is 9.95. The standard InChI is InChI=1S/C21H20N4OS.C19H17N5OS/c1-13-7-4-5-10-17(13)25-19(15(3)27-21-22-11-12-23-21)24-16-9-6-8-14(2)18(16)20(25)26;1-12-6-3-4-9-15(12)24-16(10-26-19-20-11-21-23-19)22-14-8-5-7-13(2)17(14)18(24)25/h4-12,15H,1-3H3,(H,22,23);3-9,11H,10H2,1-2H3,(H,20,21,23). The zero-order chi connectivity index (χ0) is 37.1. The van der Waals surface area contributed by atoms with Gasteiger partial charge in [-0.05, 0) is 81.1 Å². The molecule has 0 amide bonds. The molecule has 266 valence electrons. The second-order valence-corrected chi connectivity index (χ2v) is 14.8. The molecule has 11 nitrogen and oxygen atoms in total. The molecule has 0 aliphatic carbocycles. The third kappa shape index (κ3) is 7.30. The molecule has 0 saturated heterocycles. The van der Waals surface area contributed by atoms with Gasteiger partial charge in [0.1, 0.15) is 18.0 Å². The van der Waals surface area contributed by atoms with Crippen molar-refractivity contribution in [1.29, 1.82) is 0 Å². The van der Waals surface area contributed by atoms with Gasteiger partial charge in [0.05, 0.1) is 44.2 Å². The maximum atomic E-state index is 13.5. The summed E-state index contributed by atoms with van der Waals surface area (Å²) in [7, 11) is 0. The van der Waals surface area contributed by atoms with E-state index in [9.17, 15) is 9.59 Å². The zero-order valence-electron chi connectivity index (χ0n) is 29.9. The van der Waals surface area contributed by atoms with Crippen LogP contribution in [0.15, 0.2) is 124 Å². The van der Waals surface area contributed by atoms with Crippen LogP contribution >= 0.6 is 23.5 Å². The zero-order valence-corrected chi connectivity index (χ0v) is 31.5. The first-order chi connectivity index (χ1) is 25.7. The smallest absolute Gasteiger partial charge is 0.266 e. The first-order valence-electron chi connectivity index (χ1n) is 17.0. The molecule has 0 saturated carbocycles. The number of nitrogens with zero attached hydrogens (tertiary/aromatic N) is 7. The fourth-order valence-electron chi connectivity index (χ4n) is 6.27. The number of aromatic amines is 2. The van der Waals surface area contributed by atoms with Crippen molar-refractivity contribution < 1.29 is 0 Å². The van der Waals surface area contributed by atoms with Gasteiger partial charge in [0.25, 0.3) is 11.1 Å². The number of aryl methyl sites for hydroxylation is 4. The molecule has 2 N–H and O–H groups in total. The average Bonchev–Trinajstić information content (AvgIpc) is 3.87. The van der Waals surface area contributed by atoms with Crippen LogP contribution in [0, 0.1) is 27.7 Å². The molecule has 0 fully saturated rings. The minimum absolute atomic E-state index is 0.0331. The van der Waals surface area contributed by atoms with Gasteiger partial charge in [0.2, 0.25) is 0 Å². The van der Waals surface area contributed by atoms with Gasteiger partial charge in [-0.15, -0.1) is 0 Å². The molecule has 0 spiro atoms. The Hall–Kier alpha value is -5.79. The minimum atomic E-state index is -0.0617. The van der Waals surface area contributed by atoms with Gasteiger partial charge in [-0.3, -0.25) is 23.8 Å². The molecule has 13 heteroatoms. The van der Waals surface area contributed by atoms with E-state index in [4.69, 9.17) is 9.97 Å². The Balaban J connectivity index is 0.000000164. The Kier molecular flexibility index (Phi) is 10.4. The van der Waals surface area contributed by atoms with E-state index in [1.165, 1.54) is 18.1 Å². The fourth-order valence-corrected chi connectivity index (χ4v) is 7.82. The van der Waals surface area contributed by atoms with Crippen molar-refractivity contribution in [1.82, 2.24) is 44.3 Å². The van der Waals surface area contributed by atoms with Crippen molar-refractivity contribution >= 4 is 45.3 Å². The van der Waals surface area contributed by atoms with Crippen molar-refractivity contribution in [2.45, 2.75) is 55.9 Å². The lowest BCUT2D eigenvalue weighted by molar-refractivity contribution is 0.813. The van der Waals surface area contributed by atoms with Crippen LogP contribution in [0.5, 0.6) is 0 Å². The summed E-state index contributed by atoms with van der Waals surface area (Å²) in [4.78, 5) is 48.1. The third-order valence-electron chi connectivity index (χ3n) is 8.88. The van der Waals surface area contributed by atoms with Crippen LogP contribution in [-0.2, 0) is 5.75 Å². The highest BCUT2D eigenvalue weighted by molar-refractivity contribution is 7.99. The summed E-state index contributed by atoms with van der Waals surface area (Å²) < 4.78 is 3.47. The van der Waals surface area contributed by atoms with Crippen LogP contribution in [0.2, 0.25) is 0 Å². The Morgan fingerprint density at radius 1 is 0.679 bits per heavy atom. The summed E-state index contributed by atoms with van der Waals surface area (Å²) in [5, 5.41) is 9.45. The van der Waals surface area contributed by atoms with E-state index in [1.54, 1.807) is 33.3 Å². The summed E-state index contributed by atoms with van der Waals surface area (Å²) in [5.41, 5.74) is 7.00. The molecule has 0 aliphatic heterocycles. The number of thioether (sulfide) groups is 2. The molecule has 1 atom stereocenters. The van der Waals surface area contributed by atoms with Gasteiger partial charge in [-0.1, -0.05) is 84.2 Å². The third-order valence-corrected chi connectivity index (χ3v) is 10.8. The molecule has 8 aromatic rings. The van der Waals surface area contributed by atoms with E-state index in [0.29, 0.717) is 38.8 Å². The van der Waals surface area contributed by atoms with Gasteiger partial charge in [0, 0.05) is 12.4 Å². The Morgan fingerprint density at radius 2 is 1.26 bits per heavy atom. The number of hydrogen-bond donors (Lipinski definition) is 2. The second-order valence-electron chi connectivity index (χ2n) is 12.5. The SMILES string of the molecule is Cc1ccccc1-n1c(C(C)Sc2ncc[nH]2)nc2cccc(C)c2c1=O.Cc1ccccc1-n1c(CSc2ncn[nH]2)nc2cccc(C)c2c1=O. The van der Waals surface area contributed by atoms with E-state index < -0.39 is 0 Å². The Morgan fingerprint density at radius 3 is 1.85 bits per heavy atom. The van der Waals surface area contributed by atoms with Gasteiger partial charge < -0.3 is 4.98 Å². The molecular formula is C40H37N9O2S2. The molecule has 4 aromatic heterocycles. The van der Waals surface area contributed by atoms with Crippen LogP contribution < -0.4 is 11.1 Å². The van der Waals surface area contributed by atoms with Crippen LogP contribution in [0.1, 0.15) is 46.1 Å². The van der Waals surface area contributed by atoms with Crippen LogP contribution in [0.3, 0.4) is 0 Å². The first kappa shape index (κ1) is 35.6. The minimum Gasteiger partial charge on any atom is -0.340 e. The van der Waals surface area contributed by atoms with Crippen LogP contribution in [-0.4, -0.2) is 44.3 Å². The molecule has 4 heterocycles. The summed E-state index contributed by atoms with van der Waals surface area (Å²) in [5.74, 6) is 1.90. The van der Waals surface area contributed by atoms with Crippen molar-refractivity contribution in [3.63, 3.8) is 0 Å². The predicted molar refractivity (Wildman–Crippen MR) is 212 cm³/mol. The maximum Gasteiger partial charge on any atom is 0.266 e. The molecule has 1 unspecified atom stereocenters. The topological polar surface area (TPSA) is 140 Å². The first-order valence-corrected chi connectivity index (χ1v) is 18.9. The molecule has 4 aromatic carbocycles. The largest absolute Gasteiger partial charge is 0.340 e. The number of aromatic nitrogens is 9. The highest BCUT2D eigenvalue weighted by atomic mass is 32.2. The van der Waals surface area contributed by atoms with E-state index in [-0.39, 0.29) is 16.4 Å². The number of benzene rings is 4. The van der Waals surface area contributed by atoms with Crippen LogP contribution in [0.25, 0.3) is 33.2 Å². The number of imidazole rings is 1. The Labute approximate surface area is 314 Å². The van der Waals surface area contributed by atoms with Crippen LogP contribution in [0.4, 0.5) is 0 Å². The molecule has 8 rings (SSSR count). The monoisotopic (exact) mass is 739 g/mol. The summed E-state index contributed by atoms with van der Waals surface area (Å²) in [6.07, 6.45) is 4.98. The highest BCUT2D eigenvalue weighted by Crippen LogP contribution is 2.33. The van der Waals surface area contributed by atoms with E-state index in [1.807, 2.05) is 120 Å². The van der Waals surface area contributed by atoms with E-state index in [0.717, 1.165) is 44.3 Å². The number of hydrogen-bond acceptors (Lipinski definition) is 9. The van der Waals surface area contributed by atoms with Crippen molar-refractivity contribution in [3.8, 4) is 11.4 Å². The molecule has 0 radical (unpaired) electrons. The number of H-pyrrole nitrogens is 2. The lowest BCUT2D eigenvalue weighted by Gasteiger charge is -2.19. The fraction of sp³-hybridized carbons (Fsp3) is 0.175. The number of rotatable bonds is 8. The van der Waals surface area contributed by atoms with Crippen molar-refractivity contribution in [3.05, 3.63) is 158 Å². The van der Waals surface area contributed by atoms with Gasteiger partial charge in [-0.25, -0.2) is 19.9 Å². The molecule has 0 aliphatic rings. The summed E-state index contributed by atoms with van der Waals surface area (Å²) in [6, 6.07) is 27.3. The summed E-state index contributed by atoms with van der Waals surface area (Å²) >= 11 is 3.02. The molecule has 53 heavy (non-hydrogen) atoms. The average molecular weight is 740 g/mol. The maximum absolute atomic E-state index is 13.5. The normalized spacial score (nSPS) is 11.8. The molecule has 0 bridgehead atoms. The van der Waals surface area contributed by atoms with E-state index in [2.05, 4.69) is 25.1 Å². The second kappa shape index (κ2) is 15.4. The van der Waals surface area contributed by atoms with Gasteiger partial charge in [-0.2, -0.15) is 5.10 Å². The van der Waals surface area contributed by atoms with Crippen molar-refractivity contribution in [2.24, 2.45) is 0 Å². The quantitative estimate of drug-likeness (QED) is 0.148. The van der Waals surface area contributed by atoms with E-state index >= 15 is 0 Å². The molecular weight excluding hydrogens is 703 g/mol. The Bertz CT molecular complexity index is 2670. The lowest BCUT2D eigenvalue weighted by Crippen LogP contribution is -2.25. The van der Waals surface area contributed by atoms with Crippen molar-refractivity contribution in [2.75, 3.05) is 0 Å². The van der Waals surface area contributed by atoms with Gasteiger partial charge >= 0.3 is 0 Å². The van der Waals surface area contributed by atoms with Gasteiger partial charge in [0.15, 0.2) is 10.3 Å². The highest BCUT2D eigenvalue weighted by Gasteiger charge is 2.21. The lowest BCUT2D eigenvalue weighted by atomic mass is 10.1. The number of para-hydroxylation sites is 2. The predicted octanol–water partition coefficient (Wildman–Crippen LogP) is 7.99. The number of fused-ring (bicyclic) bond motifs is 2. The number of nitrogens with one attached hydrogen (secondary N) is 2.